The fourth-order valence-electron chi connectivity index (χ4n) is 2.27. The van der Waals surface area contributed by atoms with Crippen LogP contribution in [0.5, 0.6) is 11.5 Å². The lowest BCUT2D eigenvalue weighted by molar-refractivity contribution is 0.0723. The second-order valence-corrected chi connectivity index (χ2v) is 5.82. The molecule has 1 aliphatic rings. The molecule has 0 fully saturated rings. The summed E-state index contributed by atoms with van der Waals surface area (Å²) >= 11 is 3.43. The van der Waals surface area contributed by atoms with Gasteiger partial charge in [0.25, 0.3) is 0 Å². The quantitative estimate of drug-likeness (QED) is 0.938. The third-order valence-electron chi connectivity index (χ3n) is 3.39. The summed E-state index contributed by atoms with van der Waals surface area (Å²) in [6.45, 7) is 0.495. The van der Waals surface area contributed by atoms with Crippen molar-refractivity contribution in [3.8, 4) is 11.5 Å². The summed E-state index contributed by atoms with van der Waals surface area (Å²) < 4.78 is 12.7. The Morgan fingerprint density at radius 1 is 1.10 bits per heavy atom. The minimum absolute atomic E-state index is 0.0930. The van der Waals surface area contributed by atoms with Crippen molar-refractivity contribution < 1.29 is 9.47 Å². The van der Waals surface area contributed by atoms with Crippen molar-refractivity contribution in [3.63, 3.8) is 0 Å². The molecule has 1 heterocycles. The number of benzene rings is 2. The van der Waals surface area contributed by atoms with E-state index >= 15 is 0 Å². The lowest BCUT2D eigenvalue weighted by atomic mass is 10.0. The van der Waals surface area contributed by atoms with Crippen LogP contribution in [0.4, 0.5) is 0 Å². The van der Waals surface area contributed by atoms with Crippen LogP contribution < -0.4 is 15.2 Å². The van der Waals surface area contributed by atoms with Crippen molar-refractivity contribution in [2.75, 3.05) is 6.61 Å². The van der Waals surface area contributed by atoms with Gasteiger partial charge < -0.3 is 15.2 Å². The van der Waals surface area contributed by atoms with Gasteiger partial charge in [-0.15, -0.1) is 0 Å². The van der Waals surface area contributed by atoms with Gasteiger partial charge in [0.2, 0.25) is 0 Å². The second kappa shape index (κ2) is 5.85. The van der Waals surface area contributed by atoms with E-state index < -0.39 is 0 Å². The number of nitrogens with two attached hydrogens (primary N) is 1. The Morgan fingerprint density at radius 2 is 1.80 bits per heavy atom. The number of hydrogen-bond donors (Lipinski definition) is 1. The summed E-state index contributed by atoms with van der Waals surface area (Å²) in [5.41, 5.74) is 7.46. The summed E-state index contributed by atoms with van der Waals surface area (Å²) in [5.74, 6) is 1.56. The second-order valence-electron chi connectivity index (χ2n) is 4.91. The highest BCUT2D eigenvalue weighted by Gasteiger charge is 2.26. The first kappa shape index (κ1) is 13.5. The number of rotatable bonds is 3. The highest BCUT2D eigenvalue weighted by atomic mass is 79.9. The molecular formula is C16H16BrNO2. The van der Waals surface area contributed by atoms with Gasteiger partial charge >= 0.3 is 0 Å². The van der Waals surface area contributed by atoms with Gasteiger partial charge in [0.15, 0.2) is 11.5 Å². The predicted molar refractivity (Wildman–Crippen MR) is 82.2 cm³/mol. The van der Waals surface area contributed by atoms with E-state index in [4.69, 9.17) is 15.2 Å². The molecule has 2 unspecified atom stereocenters. The fourth-order valence-corrected chi connectivity index (χ4v) is 2.54. The molecule has 0 saturated heterocycles. The van der Waals surface area contributed by atoms with E-state index in [1.165, 1.54) is 5.56 Å². The zero-order chi connectivity index (χ0) is 13.9. The van der Waals surface area contributed by atoms with E-state index in [2.05, 4.69) is 28.1 Å². The molecule has 0 radical (unpaired) electrons. The number of halogens is 1. The van der Waals surface area contributed by atoms with Gasteiger partial charge in [-0.25, -0.2) is 0 Å². The average molecular weight is 334 g/mol. The van der Waals surface area contributed by atoms with Crippen molar-refractivity contribution in [3.05, 3.63) is 58.6 Å². The summed E-state index contributed by atoms with van der Waals surface area (Å²) in [7, 11) is 0. The Bertz CT molecular complexity index is 585. The number of fused-ring (bicyclic) bond motifs is 1. The lowest BCUT2D eigenvalue weighted by Gasteiger charge is -2.30. The Kier molecular flexibility index (Phi) is 3.94. The Morgan fingerprint density at radius 3 is 2.55 bits per heavy atom. The molecule has 1 aliphatic heterocycles. The predicted octanol–water partition coefficient (Wildman–Crippen LogP) is 3.16. The number of ether oxygens (including phenoxy) is 2. The van der Waals surface area contributed by atoms with Crippen LogP contribution in [0.25, 0.3) is 0 Å². The largest absolute Gasteiger partial charge is 0.486 e. The van der Waals surface area contributed by atoms with Crippen LogP contribution in [0.1, 0.15) is 5.56 Å². The van der Waals surface area contributed by atoms with Crippen molar-refractivity contribution in [2.45, 2.75) is 18.6 Å². The van der Waals surface area contributed by atoms with Gasteiger partial charge in [-0.05, 0) is 36.2 Å². The molecule has 0 bridgehead atoms. The molecule has 104 valence electrons. The molecule has 0 spiro atoms. The summed E-state index contributed by atoms with van der Waals surface area (Å²) in [5, 5.41) is 0. The monoisotopic (exact) mass is 333 g/mol. The standard InChI is InChI=1S/C16H16BrNO2/c17-12-7-5-11(6-8-12)9-13(18)16-10-19-14-3-1-2-4-15(14)20-16/h1-8,13,16H,9-10,18H2. The molecule has 2 N–H and O–H groups in total. The third-order valence-corrected chi connectivity index (χ3v) is 3.92. The van der Waals surface area contributed by atoms with Crippen molar-refractivity contribution in [2.24, 2.45) is 5.73 Å². The van der Waals surface area contributed by atoms with Crippen molar-refractivity contribution in [1.29, 1.82) is 0 Å². The van der Waals surface area contributed by atoms with Gasteiger partial charge in [-0.3, -0.25) is 0 Å². The van der Waals surface area contributed by atoms with Crippen molar-refractivity contribution in [1.82, 2.24) is 0 Å². The van der Waals surface area contributed by atoms with Gasteiger partial charge in [-0.2, -0.15) is 0 Å². The Labute approximate surface area is 126 Å². The van der Waals surface area contributed by atoms with Crippen LogP contribution in [-0.2, 0) is 6.42 Å². The molecule has 0 aliphatic carbocycles. The highest BCUT2D eigenvalue weighted by molar-refractivity contribution is 9.10. The lowest BCUT2D eigenvalue weighted by Crippen LogP contribution is -2.46. The van der Waals surface area contributed by atoms with Gasteiger partial charge in [-0.1, -0.05) is 40.2 Å². The molecule has 2 aromatic rings. The molecule has 2 aromatic carbocycles. The first-order valence-electron chi connectivity index (χ1n) is 6.61. The minimum Gasteiger partial charge on any atom is -0.486 e. The maximum Gasteiger partial charge on any atom is 0.161 e. The molecular weight excluding hydrogens is 318 g/mol. The first-order valence-corrected chi connectivity index (χ1v) is 7.40. The van der Waals surface area contributed by atoms with Gasteiger partial charge in [0.05, 0.1) is 0 Å². The van der Waals surface area contributed by atoms with E-state index in [9.17, 15) is 0 Å². The average Bonchev–Trinajstić information content (AvgIpc) is 2.49. The van der Waals surface area contributed by atoms with Crippen LogP contribution in [0.2, 0.25) is 0 Å². The van der Waals surface area contributed by atoms with Crippen molar-refractivity contribution >= 4 is 15.9 Å². The smallest absolute Gasteiger partial charge is 0.161 e. The molecule has 0 amide bonds. The first-order chi connectivity index (χ1) is 9.72. The topological polar surface area (TPSA) is 44.5 Å². The van der Waals surface area contributed by atoms with Crippen LogP contribution in [0.3, 0.4) is 0 Å². The minimum atomic E-state index is -0.117. The molecule has 2 atom stereocenters. The summed E-state index contributed by atoms with van der Waals surface area (Å²) in [6.07, 6.45) is 0.650. The van der Waals surface area contributed by atoms with Crippen LogP contribution in [0, 0.1) is 0 Å². The van der Waals surface area contributed by atoms with Crippen LogP contribution in [0.15, 0.2) is 53.0 Å². The van der Waals surface area contributed by atoms with Gasteiger partial charge in [0.1, 0.15) is 12.7 Å². The molecule has 20 heavy (non-hydrogen) atoms. The molecule has 0 saturated carbocycles. The van der Waals surface area contributed by atoms with Crippen LogP contribution in [-0.4, -0.2) is 18.8 Å². The Hall–Kier alpha value is -1.52. The SMILES string of the molecule is NC(Cc1ccc(Br)cc1)C1COc2ccccc2O1. The molecule has 4 heteroatoms. The van der Waals surface area contributed by atoms with Crippen LogP contribution >= 0.6 is 15.9 Å². The van der Waals surface area contributed by atoms with Gasteiger partial charge in [0, 0.05) is 10.5 Å². The molecule has 3 rings (SSSR count). The normalized spacial score (nSPS) is 18.6. The Balaban J connectivity index is 1.67. The van der Waals surface area contributed by atoms with E-state index in [0.717, 1.165) is 22.4 Å². The fraction of sp³-hybridized carbons (Fsp3) is 0.250. The van der Waals surface area contributed by atoms with E-state index in [1.807, 2.05) is 36.4 Å². The summed E-state index contributed by atoms with van der Waals surface area (Å²) in [6, 6.07) is 15.8. The van der Waals surface area contributed by atoms with E-state index in [-0.39, 0.29) is 12.1 Å². The number of hydrogen-bond acceptors (Lipinski definition) is 3. The van der Waals surface area contributed by atoms with E-state index in [0.29, 0.717) is 6.61 Å². The number of para-hydroxylation sites is 2. The van der Waals surface area contributed by atoms with E-state index in [1.54, 1.807) is 0 Å². The zero-order valence-corrected chi connectivity index (χ0v) is 12.5. The summed E-state index contributed by atoms with van der Waals surface area (Å²) in [4.78, 5) is 0. The molecule has 3 nitrogen and oxygen atoms in total. The molecule has 0 aromatic heterocycles. The highest BCUT2D eigenvalue weighted by Crippen LogP contribution is 2.31. The maximum absolute atomic E-state index is 6.26. The third kappa shape index (κ3) is 2.97. The zero-order valence-electron chi connectivity index (χ0n) is 11.0. The maximum atomic E-state index is 6.26.